The molecule has 2 aromatic heterocycles. The second-order valence-electron chi connectivity index (χ2n) is 7.73. The van der Waals surface area contributed by atoms with Gasteiger partial charge in [0.2, 0.25) is 0 Å². The van der Waals surface area contributed by atoms with Gasteiger partial charge < -0.3 is 5.32 Å². The minimum Gasteiger partial charge on any atom is -0.367 e. The SMILES string of the molecule is Cn1cc(-c2nc3c(c(NC4CC4)n2)CN(Cc2ccc(F)cc2)CC3)cn1. The number of hydrogen-bond acceptors (Lipinski definition) is 5. The highest BCUT2D eigenvalue weighted by Crippen LogP contribution is 2.31. The fraction of sp³-hybridized carbons (Fsp3) is 0.381. The van der Waals surface area contributed by atoms with Crippen LogP contribution < -0.4 is 5.32 Å². The van der Waals surface area contributed by atoms with E-state index in [-0.39, 0.29) is 5.82 Å². The van der Waals surface area contributed by atoms with Crippen LogP contribution in [-0.2, 0) is 26.6 Å². The van der Waals surface area contributed by atoms with Gasteiger partial charge in [-0.3, -0.25) is 9.58 Å². The molecule has 0 atom stereocenters. The first-order valence-electron chi connectivity index (χ1n) is 9.76. The smallest absolute Gasteiger partial charge is 0.164 e. The molecule has 1 fully saturated rings. The standard InChI is InChI=1S/C21H23FN6/c1-27-12-15(10-23-27)20-25-19-8-9-28(11-14-2-4-16(22)5-3-14)13-18(19)21(26-20)24-17-6-7-17/h2-5,10,12,17H,6-9,11,13H2,1H3,(H,24,25,26). The Hall–Kier alpha value is -2.80. The molecule has 5 rings (SSSR count). The van der Waals surface area contributed by atoms with Crippen molar-refractivity contribution in [3.05, 3.63) is 59.3 Å². The number of anilines is 1. The number of benzene rings is 1. The highest BCUT2D eigenvalue weighted by molar-refractivity contribution is 5.59. The van der Waals surface area contributed by atoms with E-state index in [1.165, 1.54) is 30.5 Å². The van der Waals surface area contributed by atoms with Crippen molar-refractivity contribution in [2.24, 2.45) is 7.05 Å². The fourth-order valence-electron chi connectivity index (χ4n) is 3.66. The van der Waals surface area contributed by atoms with Gasteiger partial charge in [-0.2, -0.15) is 5.10 Å². The summed E-state index contributed by atoms with van der Waals surface area (Å²) in [7, 11) is 1.90. The van der Waals surface area contributed by atoms with Crippen molar-refractivity contribution in [3.8, 4) is 11.4 Å². The molecule has 0 spiro atoms. The van der Waals surface area contributed by atoms with Gasteiger partial charge in [0.15, 0.2) is 5.82 Å². The number of halogens is 1. The van der Waals surface area contributed by atoms with Crippen LogP contribution in [0.15, 0.2) is 36.7 Å². The summed E-state index contributed by atoms with van der Waals surface area (Å²) in [5.41, 5.74) is 4.37. The molecule has 1 aromatic carbocycles. The van der Waals surface area contributed by atoms with E-state index < -0.39 is 0 Å². The highest BCUT2D eigenvalue weighted by Gasteiger charge is 2.27. The zero-order chi connectivity index (χ0) is 19.1. The van der Waals surface area contributed by atoms with Crippen LogP contribution in [0.3, 0.4) is 0 Å². The van der Waals surface area contributed by atoms with Gasteiger partial charge in [-0.25, -0.2) is 14.4 Å². The van der Waals surface area contributed by atoms with Gasteiger partial charge in [0.25, 0.3) is 0 Å². The number of nitrogens with one attached hydrogen (secondary N) is 1. The third-order valence-corrected chi connectivity index (χ3v) is 5.34. The molecule has 144 valence electrons. The zero-order valence-corrected chi connectivity index (χ0v) is 15.9. The van der Waals surface area contributed by atoms with Crippen molar-refractivity contribution in [1.82, 2.24) is 24.6 Å². The first kappa shape index (κ1) is 17.3. The van der Waals surface area contributed by atoms with Crippen LogP contribution in [0.5, 0.6) is 0 Å². The van der Waals surface area contributed by atoms with E-state index >= 15 is 0 Å². The summed E-state index contributed by atoms with van der Waals surface area (Å²) in [6, 6.07) is 7.28. The summed E-state index contributed by atoms with van der Waals surface area (Å²) in [6.45, 7) is 2.53. The molecule has 2 aliphatic rings. The van der Waals surface area contributed by atoms with Crippen LogP contribution in [0.1, 0.15) is 29.7 Å². The summed E-state index contributed by atoms with van der Waals surface area (Å²) in [4.78, 5) is 12.1. The lowest BCUT2D eigenvalue weighted by Crippen LogP contribution is -2.32. The van der Waals surface area contributed by atoms with Gasteiger partial charge in [-0.05, 0) is 30.5 Å². The lowest BCUT2D eigenvalue weighted by molar-refractivity contribution is 0.243. The van der Waals surface area contributed by atoms with E-state index in [0.717, 1.165) is 54.5 Å². The summed E-state index contributed by atoms with van der Waals surface area (Å²) < 4.78 is 15.0. The second kappa shape index (κ2) is 6.98. The topological polar surface area (TPSA) is 58.9 Å². The Bertz CT molecular complexity index is 993. The van der Waals surface area contributed by atoms with E-state index in [9.17, 15) is 4.39 Å². The van der Waals surface area contributed by atoms with Gasteiger partial charge >= 0.3 is 0 Å². The zero-order valence-electron chi connectivity index (χ0n) is 15.9. The van der Waals surface area contributed by atoms with E-state index in [1.807, 2.05) is 31.6 Å². The van der Waals surface area contributed by atoms with Crippen molar-refractivity contribution in [3.63, 3.8) is 0 Å². The lowest BCUT2D eigenvalue weighted by Gasteiger charge is -2.29. The Morgan fingerprint density at radius 1 is 1.18 bits per heavy atom. The summed E-state index contributed by atoms with van der Waals surface area (Å²) in [6.07, 6.45) is 7.03. The van der Waals surface area contributed by atoms with Crippen LogP contribution in [0.4, 0.5) is 10.2 Å². The molecule has 0 radical (unpaired) electrons. The Balaban J connectivity index is 1.43. The average molecular weight is 378 g/mol. The largest absolute Gasteiger partial charge is 0.367 e. The predicted octanol–water partition coefficient (Wildman–Crippen LogP) is 3.15. The fourth-order valence-corrected chi connectivity index (χ4v) is 3.66. The molecule has 0 saturated heterocycles. The number of fused-ring (bicyclic) bond motifs is 1. The number of nitrogens with zero attached hydrogens (tertiary/aromatic N) is 5. The maximum absolute atomic E-state index is 13.2. The molecule has 1 aliphatic heterocycles. The molecule has 0 bridgehead atoms. The predicted molar refractivity (Wildman–Crippen MR) is 105 cm³/mol. The van der Waals surface area contributed by atoms with Crippen LogP contribution in [-0.4, -0.2) is 37.2 Å². The van der Waals surface area contributed by atoms with E-state index in [1.54, 1.807) is 4.68 Å². The quantitative estimate of drug-likeness (QED) is 0.739. The van der Waals surface area contributed by atoms with Crippen LogP contribution >= 0.6 is 0 Å². The van der Waals surface area contributed by atoms with Gasteiger partial charge in [0, 0.05) is 50.9 Å². The molecule has 3 aromatic rings. The second-order valence-corrected chi connectivity index (χ2v) is 7.73. The normalized spacial score (nSPS) is 16.8. The summed E-state index contributed by atoms with van der Waals surface area (Å²) in [5.74, 6) is 1.50. The van der Waals surface area contributed by atoms with E-state index in [0.29, 0.717) is 6.04 Å². The van der Waals surface area contributed by atoms with Crippen molar-refractivity contribution in [2.75, 3.05) is 11.9 Å². The van der Waals surface area contributed by atoms with Gasteiger partial charge in [-0.15, -0.1) is 0 Å². The summed E-state index contributed by atoms with van der Waals surface area (Å²) in [5, 5.41) is 7.85. The Morgan fingerprint density at radius 2 is 2.00 bits per heavy atom. The third-order valence-electron chi connectivity index (χ3n) is 5.34. The Labute approximate surface area is 163 Å². The molecule has 1 aliphatic carbocycles. The molecule has 0 unspecified atom stereocenters. The first-order valence-corrected chi connectivity index (χ1v) is 9.76. The maximum atomic E-state index is 13.2. The molecular formula is C21H23FN6. The first-order chi connectivity index (χ1) is 13.6. The third kappa shape index (κ3) is 3.62. The van der Waals surface area contributed by atoms with E-state index in [2.05, 4.69) is 15.3 Å². The average Bonchev–Trinajstić information content (AvgIpc) is 3.41. The molecule has 1 N–H and O–H groups in total. The molecule has 3 heterocycles. The summed E-state index contributed by atoms with van der Waals surface area (Å²) >= 11 is 0. The van der Waals surface area contributed by atoms with Crippen molar-refractivity contribution >= 4 is 5.82 Å². The molecule has 7 heteroatoms. The molecule has 1 saturated carbocycles. The van der Waals surface area contributed by atoms with Crippen molar-refractivity contribution < 1.29 is 4.39 Å². The lowest BCUT2D eigenvalue weighted by atomic mass is 10.0. The molecule has 6 nitrogen and oxygen atoms in total. The molecular weight excluding hydrogens is 355 g/mol. The molecule has 0 amide bonds. The van der Waals surface area contributed by atoms with Crippen LogP contribution in [0.25, 0.3) is 11.4 Å². The number of rotatable bonds is 5. The Kier molecular flexibility index (Phi) is 4.31. The van der Waals surface area contributed by atoms with Crippen LogP contribution in [0.2, 0.25) is 0 Å². The van der Waals surface area contributed by atoms with Crippen LogP contribution in [0, 0.1) is 5.82 Å². The van der Waals surface area contributed by atoms with Gasteiger partial charge in [0.05, 0.1) is 17.5 Å². The monoisotopic (exact) mass is 378 g/mol. The number of aryl methyl sites for hydroxylation is 1. The highest BCUT2D eigenvalue weighted by atomic mass is 19.1. The van der Waals surface area contributed by atoms with Gasteiger partial charge in [0.1, 0.15) is 11.6 Å². The van der Waals surface area contributed by atoms with Gasteiger partial charge in [-0.1, -0.05) is 12.1 Å². The number of aromatic nitrogens is 4. The Morgan fingerprint density at radius 3 is 2.71 bits per heavy atom. The molecule has 28 heavy (non-hydrogen) atoms. The van der Waals surface area contributed by atoms with Crippen molar-refractivity contribution in [2.45, 2.75) is 38.4 Å². The van der Waals surface area contributed by atoms with E-state index in [4.69, 9.17) is 9.97 Å². The maximum Gasteiger partial charge on any atom is 0.164 e. The minimum absolute atomic E-state index is 0.194. The van der Waals surface area contributed by atoms with Crippen molar-refractivity contribution in [1.29, 1.82) is 0 Å². The number of hydrogen-bond donors (Lipinski definition) is 1. The minimum atomic E-state index is -0.194.